The number of hydrogen-bond acceptors (Lipinski definition) is 5. The second-order valence-electron chi connectivity index (χ2n) is 6.39. The topological polar surface area (TPSA) is 96.4 Å². The molecule has 2 rings (SSSR count). The van der Waals surface area contributed by atoms with Crippen LogP contribution in [0.15, 0.2) is 42.6 Å². The Balaban J connectivity index is 2.11. The van der Waals surface area contributed by atoms with E-state index in [9.17, 15) is 18.3 Å². The highest BCUT2D eigenvalue weighted by atomic mass is 32.2. The molecule has 0 fully saturated rings. The number of carbonyl (C=O) groups excluding carboxylic acids is 1. The number of amides is 1. The van der Waals surface area contributed by atoms with Gasteiger partial charge in [0.25, 0.3) is 5.91 Å². The van der Waals surface area contributed by atoms with E-state index >= 15 is 0 Å². The molecule has 0 atom stereocenters. The van der Waals surface area contributed by atoms with Crippen LogP contribution in [0.3, 0.4) is 0 Å². The third-order valence-electron chi connectivity index (χ3n) is 3.50. The monoisotopic (exact) mass is 348 g/mol. The van der Waals surface area contributed by atoms with Gasteiger partial charge in [0.15, 0.2) is 15.5 Å². The molecule has 24 heavy (non-hydrogen) atoms. The van der Waals surface area contributed by atoms with Crippen LogP contribution in [0.25, 0.3) is 0 Å². The first-order valence-corrected chi connectivity index (χ1v) is 9.02. The van der Waals surface area contributed by atoms with Crippen molar-refractivity contribution in [3.8, 4) is 5.75 Å². The lowest BCUT2D eigenvalue weighted by Gasteiger charge is -2.19. The van der Waals surface area contributed by atoms with Gasteiger partial charge in [-0.3, -0.25) is 4.79 Å². The SMILES string of the molecule is CC(C)(C)S(=O)(=O)Cc1ccc(NC(=O)c2ncccc2O)cc1. The number of sulfone groups is 1. The fourth-order valence-electron chi connectivity index (χ4n) is 1.88. The zero-order valence-electron chi connectivity index (χ0n) is 13.8. The zero-order chi connectivity index (χ0) is 18.0. The number of rotatable bonds is 4. The first kappa shape index (κ1) is 17.9. The molecule has 1 heterocycles. The number of aromatic hydroxyl groups is 1. The van der Waals surface area contributed by atoms with Gasteiger partial charge in [0.2, 0.25) is 0 Å². The molecule has 0 unspecified atom stereocenters. The van der Waals surface area contributed by atoms with Crippen molar-refractivity contribution in [2.24, 2.45) is 0 Å². The molecule has 1 amide bonds. The van der Waals surface area contributed by atoms with Crippen molar-refractivity contribution in [1.29, 1.82) is 0 Å². The Morgan fingerprint density at radius 1 is 1.17 bits per heavy atom. The van der Waals surface area contributed by atoms with E-state index in [-0.39, 0.29) is 17.2 Å². The molecule has 0 aliphatic rings. The van der Waals surface area contributed by atoms with Crippen LogP contribution < -0.4 is 5.32 Å². The smallest absolute Gasteiger partial charge is 0.278 e. The van der Waals surface area contributed by atoms with Gasteiger partial charge in [-0.05, 0) is 50.6 Å². The van der Waals surface area contributed by atoms with Gasteiger partial charge in [-0.25, -0.2) is 13.4 Å². The molecule has 1 aromatic carbocycles. The summed E-state index contributed by atoms with van der Waals surface area (Å²) in [4.78, 5) is 15.9. The van der Waals surface area contributed by atoms with Crippen molar-refractivity contribution in [2.45, 2.75) is 31.3 Å². The van der Waals surface area contributed by atoms with Gasteiger partial charge in [0.05, 0.1) is 10.5 Å². The minimum atomic E-state index is -3.27. The molecule has 2 aromatic rings. The fraction of sp³-hybridized carbons (Fsp3) is 0.294. The summed E-state index contributed by atoms with van der Waals surface area (Å²) < 4.78 is 23.6. The summed E-state index contributed by atoms with van der Waals surface area (Å²) in [6, 6.07) is 9.43. The molecule has 2 N–H and O–H groups in total. The quantitative estimate of drug-likeness (QED) is 0.885. The Kier molecular flexibility index (Phi) is 4.94. The van der Waals surface area contributed by atoms with Crippen molar-refractivity contribution < 1.29 is 18.3 Å². The van der Waals surface area contributed by atoms with Gasteiger partial charge in [0, 0.05) is 11.9 Å². The Hall–Kier alpha value is -2.41. The van der Waals surface area contributed by atoms with Crippen LogP contribution in [0.1, 0.15) is 36.8 Å². The lowest BCUT2D eigenvalue weighted by atomic mass is 10.2. The number of hydrogen-bond donors (Lipinski definition) is 2. The largest absolute Gasteiger partial charge is 0.505 e. The van der Waals surface area contributed by atoms with Crippen molar-refractivity contribution in [1.82, 2.24) is 4.98 Å². The van der Waals surface area contributed by atoms with E-state index in [0.29, 0.717) is 11.3 Å². The van der Waals surface area contributed by atoms with Crippen molar-refractivity contribution in [3.05, 3.63) is 53.9 Å². The zero-order valence-corrected chi connectivity index (χ0v) is 14.6. The maximum atomic E-state index is 12.2. The number of pyridine rings is 1. The Morgan fingerprint density at radius 2 is 1.79 bits per heavy atom. The van der Waals surface area contributed by atoms with E-state index in [1.54, 1.807) is 45.0 Å². The lowest BCUT2D eigenvalue weighted by Crippen LogP contribution is -2.29. The third-order valence-corrected chi connectivity index (χ3v) is 6.08. The molecule has 0 saturated heterocycles. The van der Waals surface area contributed by atoms with E-state index in [1.807, 2.05) is 0 Å². The van der Waals surface area contributed by atoms with Crippen molar-refractivity contribution in [2.75, 3.05) is 5.32 Å². The summed E-state index contributed by atoms with van der Waals surface area (Å²) in [5.41, 5.74) is 1.06. The molecule has 6 nitrogen and oxygen atoms in total. The molecule has 0 bridgehead atoms. The van der Waals surface area contributed by atoms with Crippen molar-refractivity contribution >= 4 is 21.4 Å². The normalized spacial score (nSPS) is 12.0. The molecule has 0 aliphatic heterocycles. The number of anilines is 1. The van der Waals surface area contributed by atoms with Gasteiger partial charge in [-0.2, -0.15) is 0 Å². The Bertz CT molecular complexity index is 838. The van der Waals surface area contributed by atoms with Crippen LogP contribution >= 0.6 is 0 Å². The number of aromatic nitrogens is 1. The van der Waals surface area contributed by atoms with E-state index in [2.05, 4.69) is 10.3 Å². The highest BCUT2D eigenvalue weighted by Gasteiger charge is 2.28. The molecule has 0 saturated carbocycles. The summed E-state index contributed by atoms with van der Waals surface area (Å²) in [6.45, 7) is 4.99. The molecular weight excluding hydrogens is 328 g/mol. The minimum absolute atomic E-state index is 0.0637. The summed E-state index contributed by atoms with van der Waals surface area (Å²) in [5.74, 6) is -0.808. The van der Waals surface area contributed by atoms with Gasteiger partial charge in [-0.15, -0.1) is 0 Å². The molecule has 0 spiro atoms. The second kappa shape index (κ2) is 6.60. The average Bonchev–Trinajstić information content (AvgIpc) is 2.48. The van der Waals surface area contributed by atoms with Gasteiger partial charge in [0.1, 0.15) is 5.75 Å². The molecule has 0 radical (unpaired) electrons. The van der Waals surface area contributed by atoms with Crippen LogP contribution in [-0.2, 0) is 15.6 Å². The minimum Gasteiger partial charge on any atom is -0.505 e. The first-order chi connectivity index (χ1) is 11.1. The van der Waals surface area contributed by atoms with Crippen LogP contribution in [0.2, 0.25) is 0 Å². The van der Waals surface area contributed by atoms with Crippen LogP contribution in [0.5, 0.6) is 5.75 Å². The standard InChI is InChI=1S/C17H20N2O4S/c1-17(2,3)24(22,23)11-12-6-8-13(9-7-12)19-16(21)15-14(20)5-4-10-18-15/h4-10,20H,11H2,1-3H3,(H,19,21). The number of nitrogens with zero attached hydrogens (tertiary/aromatic N) is 1. The molecule has 1 aromatic heterocycles. The summed E-state index contributed by atoms with van der Waals surface area (Å²) in [6.07, 6.45) is 1.41. The van der Waals surface area contributed by atoms with Crippen LogP contribution in [0, 0.1) is 0 Å². The second-order valence-corrected chi connectivity index (χ2v) is 9.14. The van der Waals surface area contributed by atoms with Gasteiger partial charge < -0.3 is 10.4 Å². The van der Waals surface area contributed by atoms with Gasteiger partial charge >= 0.3 is 0 Å². The molecular formula is C17H20N2O4S. The van der Waals surface area contributed by atoms with Gasteiger partial charge in [-0.1, -0.05) is 12.1 Å². The Morgan fingerprint density at radius 3 is 2.33 bits per heavy atom. The summed E-state index contributed by atoms with van der Waals surface area (Å²) in [7, 11) is -3.27. The van der Waals surface area contributed by atoms with E-state index in [4.69, 9.17) is 0 Å². The van der Waals surface area contributed by atoms with Crippen LogP contribution in [-0.4, -0.2) is 29.2 Å². The number of nitrogens with one attached hydrogen (secondary N) is 1. The number of benzene rings is 1. The highest BCUT2D eigenvalue weighted by molar-refractivity contribution is 7.91. The summed E-state index contributed by atoms with van der Waals surface area (Å²) >= 11 is 0. The van der Waals surface area contributed by atoms with Crippen molar-refractivity contribution in [3.63, 3.8) is 0 Å². The predicted octanol–water partition coefficient (Wildman–Crippen LogP) is 2.75. The lowest BCUT2D eigenvalue weighted by molar-refractivity contribution is 0.101. The molecule has 0 aliphatic carbocycles. The highest BCUT2D eigenvalue weighted by Crippen LogP contribution is 2.22. The van der Waals surface area contributed by atoms with Crippen LogP contribution in [0.4, 0.5) is 5.69 Å². The first-order valence-electron chi connectivity index (χ1n) is 7.37. The molecule has 7 heteroatoms. The molecule has 128 valence electrons. The third kappa shape index (κ3) is 4.11. The van der Waals surface area contributed by atoms with E-state index in [0.717, 1.165) is 0 Å². The van der Waals surface area contributed by atoms with E-state index in [1.165, 1.54) is 18.3 Å². The number of carbonyl (C=O) groups is 1. The summed E-state index contributed by atoms with van der Waals surface area (Å²) in [5, 5.41) is 12.2. The fourth-order valence-corrected chi connectivity index (χ4v) is 2.95. The predicted molar refractivity (Wildman–Crippen MR) is 92.7 cm³/mol. The maximum Gasteiger partial charge on any atom is 0.278 e. The average molecular weight is 348 g/mol. The van der Waals surface area contributed by atoms with E-state index < -0.39 is 20.5 Å². The maximum absolute atomic E-state index is 12.2. The Labute approximate surface area is 141 Å².